The second-order valence-corrected chi connectivity index (χ2v) is 12.2. The molecule has 0 unspecified atom stereocenters. The molecule has 1 amide bonds. The molecule has 0 aliphatic rings. The van der Waals surface area contributed by atoms with E-state index in [0.717, 1.165) is 32.8 Å². The van der Waals surface area contributed by atoms with Gasteiger partial charge in [-0.25, -0.2) is 9.78 Å². The molecule has 2 aromatic heterocycles. The number of hydrogen-bond acceptors (Lipinski definition) is 7. The zero-order chi connectivity index (χ0) is 33.8. The van der Waals surface area contributed by atoms with Crippen molar-refractivity contribution in [1.82, 2.24) is 14.9 Å². The number of benzene rings is 4. The van der Waals surface area contributed by atoms with E-state index >= 15 is 0 Å². The first-order valence-corrected chi connectivity index (χ1v) is 15.9. The van der Waals surface area contributed by atoms with Crippen molar-refractivity contribution in [2.24, 2.45) is 18.9 Å². The van der Waals surface area contributed by atoms with Crippen LogP contribution in [0.2, 0.25) is 0 Å². The molecule has 0 fully saturated rings. The Kier molecular flexibility index (Phi) is 9.38. The van der Waals surface area contributed by atoms with E-state index in [0.29, 0.717) is 5.75 Å². The first kappa shape index (κ1) is 32.2. The van der Waals surface area contributed by atoms with Gasteiger partial charge in [-0.3, -0.25) is 9.59 Å². The molecule has 9 heteroatoms. The Morgan fingerprint density at radius 2 is 1.56 bits per heavy atom. The second-order valence-electron chi connectivity index (χ2n) is 12.2. The highest BCUT2D eigenvalue weighted by molar-refractivity contribution is 6.00. The molecule has 244 valence electrons. The second kappa shape index (κ2) is 14.0. The number of fused-ring (bicyclic) bond motifs is 2. The van der Waals surface area contributed by atoms with Gasteiger partial charge >= 0.3 is 11.9 Å². The molecule has 2 atom stereocenters. The maximum Gasteiger partial charge on any atom is 0.360 e. The van der Waals surface area contributed by atoms with Crippen LogP contribution < -0.4 is 10.1 Å². The molecule has 6 rings (SSSR count). The molecular weight excluding hydrogens is 606 g/mol. The number of oxazole rings is 1. The van der Waals surface area contributed by atoms with Crippen LogP contribution >= 0.6 is 0 Å². The number of rotatable bonds is 11. The molecule has 0 aliphatic carbocycles. The summed E-state index contributed by atoms with van der Waals surface area (Å²) in [7, 11) is 1.95. The van der Waals surface area contributed by atoms with Gasteiger partial charge in [-0.05, 0) is 41.5 Å². The highest BCUT2D eigenvalue weighted by Gasteiger charge is 2.35. The van der Waals surface area contributed by atoms with Crippen LogP contribution in [-0.4, -0.2) is 27.4 Å². The molecule has 6 aromatic rings. The van der Waals surface area contributed by atoms with Crippen LogP contribution in [0.5, 0.6) is 5.75 Å². The van der Waals surface area contributed by atoms with Crippen molar-refractivity contribution >= 4 is 39.5 Å². The van der Waals surface area contributed by atoms with Gasteiger partial charge in [-0.1, -0.05) is 98.8 Å². The van der Waals surface area contributed by atoms with Crippen molar-refractivity contribution in [2.75, 3.05) is 0 Å². The molecule has 4 aromatic carbocycles. The fourth-order valence-electron chi connectivity index (χ4n) is 5.96. The summed E-state index contributed by atoms with van der Waals surface area (Å²) >= 11 is 0. The largest absolute Gasteiger partial charge is 0.456 e. The monoisotopic (exact) mass is 643 g/mol. The minimum Gasteiger partial charge on any atom is -0.456 e. The number of aromatic nitrogens is 2. The van der Waals surface area contributed by atoms with E-state index in [-0.39, 0.29) is 36.3 Å². The van der Waals surface area contributed by atoms with Crippen molar-refractivity contribution in [3.63, 3.8) is 0 Å². The summed E-state index contributed by atoms with van der Waals surface area (Å²) in [6.45, 7) is 5.30. The molecular formula is C39H37N3O6. The van der Waals surface area contributed by atoms with E-state index in [2.05, 4.69) is 10.3 Å². The zero-order valence-electron chi connectivity index (χ0n) is 27.3. The van der Waals surface area contributed by atoms with Crippen LogP contribution in [0.15, 0.2) is 108 Å². The summed E-state index contributed by atoms with van der Waals surface area (Å²) in [5.74, 6) is -2.60. The molecule has 0 radical (unpaired) electrons. The Balaban J connectivity index is 1.29. The Bertz CT molecular complexity index is 2090. The lowest BCUT2D eigenvalue weighted by atomic mass is 9.94. The number of nitrogens with one attached hydrogen (secondary N) is 1. The summed E-state index contributed by atoms with van der Waals surface area (Å²) < 4.78 is 19.4. The number of carbonyl (C=O) groups is 3. The Morgan fingerprint density at radius 3 is 2.33 bits per heavy atom. The molecule has 0 saturated carbocycles. The molecule has 9 nitrogen and oxygen atoms in total. The normalized spacial score (nSPS) is 12.6. The first-order valence-electron chi connectivity index (χ1n) is 15.9. The van der Waals surface area contributed by atoms with Crippen LogP contribution in [0, 0.1) is 18.8 Å². The van der Waals surface area contributed by atoms with Crippen LogP contribution in [0.1, 0.15) is 53.2 Å². The maximum absolute atomic E-state index is 14.0. The predicted molar refractivity (Wildman–Crippen MR) is 182 cm³/mol. The van der Waals surface area contributed by atoms with Gasteiger partial charge in [-0.2, -0.15) is 0 Å². The molecule has 1 N–H and O–H groups in total. The zero-order valence-corrected chi connectivity index (χ0v) is 27.3. The highest BCUT2D eigenvalue weighted by Crippen LogP contribution is 2.30. The number of carbonyl (C=O) groups excluding carboxylic acids is 3. The summed E-state index contributed by atoms with van der Waals surface area (Å²) in [6, 6.07) is 29.5. The van der Waals surface area contributed by atoms with Crippen molar-refractivity contribution in [3.05, 3.63) is 132 Å². The summed E-state index contributed by atoms with van der Waals surface area (Å²) in [4.78, 5) is 45.3. The Labute approximate surface area is 278 Å². The van der Waals surface area contributed by atoms with Crippen LogP contribution in [-0.2, 0) is 34.4 Å². The van der Waals surface area contributed by atoms with E-state index in [1.165, 1.54) is 0 Å². The van der Waals surface area contributed by atoms with Crippen LogP contribution in [0.25, 0.3) is 21.7 Å². The highest BCUT2D eigenvalue weighted by atomic mass is 16.5. The van der Waals surface area contributed by atoms with Crippen molar-refractivity contribution in [1.29, 1.82) is 0 Å². The number of aryl methyl sites for hydroxylation is 2. The third kappa shape index (κ3) is 6.85. The van der Waals surface area contributed by atoms with Gasteiger partial charge in [0.1, 0.15) is 30.1 Å². The smallest absolute Gasteiger partial charge is 0.360 e. The Hall–Kier alpha value is -5.70. The van der Waals surface area contributed by atoms with E-state index in [9.17, 15) is 14.4 Å². The van der Waals surface area contributed by atoms with E-state index < -0.39 is 29.8 Å². The van der Waals surface area contributed by atoms with Crippen LogP contribution in [0.3, 0.4) is 0 Å². The lowest BCUT2D eigenvalue weighted by Crippen LogP contribution is -2.42. The van der Waals surface area contributed by atoms with Gasteiger partial charge in [-0.15, -0.1) is 0 Å². The summed E-state index contributed by atoms with van der Waals surface area (Å²) in [6.07, 6.45) is 2.28. The third-order valence-electron chi connectivity index (χ3n) is 8.40. The Morgan fingerprint density at radius 1 is 0.875 bits per heavy atom. The summed E-state index contributed by atoms with van der Waals surface area (Å²) in [5.41, 5.74) is 2.81. The average Bonchev–Trinajstić information content (AvgIpc) is 3.63. The van der Waals surface area contributed by atoms with Gasteiger partial charge < -0.3 is 23.8 Å². The topological polar surface area (TPSA) is 113 Å². The van der Waals surface area contributed by atoms with Gasteiger partial charge in [0.25, 0.3) is 0 Å². The standard InChI is InChI=1S/C39H37N3O6/c1-24(2)34(38(44)48-33-20-12-16-27-15-8-9-18-30(27)33)36(43)40-31(21-28-22-42(4)32-19-11-10-17-29(28)32)37-41-35(25(3)47-37)39(45)46-23-26-13-6-5-7-14-26/h5-20,22,24,31,34H,21,23H2,1-4H3,(H,40,43)/t31-,34+/m1/s1. The van der Waals surface area contributed by atoms with Gasteiger partial charge in [0.2, 0.25) is 11.8 Å². The van der Waals surface area contributed by atoms with Crippen molar-refractivity contribution < 1.29 is 28.3 Å². The van der Waals surface area contributed by atoms with E-state index in [1.807, 2.05) is 109 Å². The number of para-hydroxylation sites is 1. The molecule has 0 spiro atoms. The van der Waals surface area contributed by atoms with Gasteiger partial charge in [0, 0.05) is 36.0 Å². The quantitative estimate of drug-likeness (QED) is 0.0898. The predicted octanol–water partition coefficient (Wildman–Crippen LogP) is 7.26. The third-order valence-corrected chi connectivity index (χ3v) is 8.40. The number of esters is 2. The fraction of sp³-hybridized carbons (Fsp3) is 0.231. The minimum atomic E-state index is -1.13. The minimum absolute atomic E-state index is 0.0221. The lowest BCUT2D eigenvalue weighted by molar-refractivity contribution is -0.147. The molecule has 48 heavy (non-hydrogen) atoms. The molecule has 0 saturated heterocycles. The number of amides is 1. The van der Waals surface area contributed by atoms with E-state index in [4.69, 9.17) is 13.9 Å². The first-order chi connectivity index (χ1) is 23.2. The number of hydrogen-bond donors (Lipinski definition) is 1. The van der Waals surface area contributed by atoms with Crippen molar-refractivity contribution in [3.8, 4) is 5.75 Å². The number of nitrogens with zero attached hydrogens (tertiary/aromatic N) is 2. The summed E-state index contributed by atoms with van der Waals surface area (Å²) in [5, 5.41) is 5.71. The lowest BCUT2D eigenvalue weighted by Gasteiger charge is -2.22. The molecule has 0 bridgehead atoms. The maximum atomic E-state index is 14.0. The van der Waals surface area contributed by atoms with Gasteiger partial charge in [0.05, 0.1) is 0 Å². The number of ether oxygens (including phenoxy) is 2. The average molecular weight is 644 g/mol. The SMILES string of the molecule is Cc1oc([C@@H](Cc2cn(C)c3ccccc23)NC(=O)[C@@H](C(=O)Oc2cccc3ccccc23)C(C)C)nc1C(=O)OCc1ccccc1. The van der Waals surface area contributed by atoms with Gasteiger partial charge in [0.15, 0.2) is 5.69 Å². The molecule has 0 aliphatic heterocycles. The van der Waals surface area contributed by atoms with E-state index in [1.54, 1.807) is 26.8 Å². The van der Waals surface area contributed by atoms with Crippen molar-refractivity contribution in [2.45, 2.75) is 39.8 Å². The van der Waals surface area contributed by atoms with Crippen LogP contribution in [0.4, 0.5) is 0 Å². The fourth-order valence-corrected chi connectivity index (χ4v) is 5.96. The molecule has 2 heterocycles.